The van der Waals surface area contributed by atoms with Gasteiger partial charge in [-0.2, -0.15) is 14.6 Å². The van der Waals surface area contributed by atoms with Gasteiger partial charge in [-0.3, -0.25) is 14.9 Å². The summed E-state index contributed by atoms with van der Waals surface area (Å²) in [6.45, 7) is 3.57. The fourth-order valence-electron chi connectivity index (χ4n) is 3.48. The Hall–Kier alpha value is -3.61. The number of amides is 1. The maximum Gasteiger partial charge on any atom is 0.271 e. The molecule has 0 saturated carbocycles. The van der Waals surface area contributed by atoms with Crippen LogP contribution in [0.3, 0.4) is 0 Å². The minimum Gasteiger partial charge on any atom is -0.353 e. The van der Waals surface area contributed by atoms with Gasteiger partial charge in [-0.1, -0.05) is 0 Å². The molecular weight excluding hydrogens is 426 g/mol. The number of nitrogens with zero attached hydrogens (tertiary/aromatic N) is 7. The van der Waals surface area contributed by atoms with Gasteiger partial charge in [0.2, 0.25) is 0 Å². The van der Waals surface area contributed by atoms with Gasteiger partial charge in [0, 0.05) is 61.9 Å². The summed E-state index contributed by atoms with van der Waals surface area (Å²) in [5.41, 5.74) is 0.325. The molecule has 12 nitrogen and oxygen atoms in total. The Morgan fingerprint density at radius 2 is 1.84 bits per heavy atom. The van der Waals surface area contributed by atoms with Gasteiger partial charge in [0.25, 0.3) is 17.4 Å². The van der Waals surface area contributed by atoms with Crippen molar-refractivity contribution in [3.8, 4) is 0 Å². The van der Waals surface area contributed by atoms with E-state index in [4.69, 9.17) is 0 Å². The molecule has 13 heteroatoms. The van der Waals surface area contributed by atoms with Crippen molar-refractivity contribution in [2.75, 3.05) is 37.3 Å². The third kappa shape index (κ3) is 4.03. The molecule has 0 atom stereocenters. The maximum atomic E-state index is 13.0. The summed E-state index contributed by atoms with van der Waals surface area (Å²) in [6, 6.07) is 5.13. The number of carbonyl (C=O) groups is 1. The fraction of sp³-hybridized carbons (Fsp3) is 0.333. The van der Waals surface area contributed by atoms with Crippen LogP contribution in [0.1, 0.15) is 16.1 Å². The smallest absolute Gasteiger partial charge is 0.271 e. The zero-order chi connectivity index (χ0) is 22.3. The van der Waals surface area contributed by atoms with E-state index >= 15 is 0 Å². The Morgan fingerprint density at radius 1 is 1.13 bits per heavy atom. The zero-order valence-electron chi connectivity index (χ0n) is 16.8. The lowest BCUT2D eigenvalue weighted by Crippen LogP contribution is -2.49. The molecule has 1 fully saturated rings. The Kier molecular flexibility index (Phi) is 5.05. The van der Waals surface area contributed by atoms with E-state index in [1.165, 1.54) is 12.4 Å². The number of aromatic nitrogens is 4. The van der Waals surface area contributed by atoms with E-state index in [1.54, 1.807) is 9.42 Å². The maximum absolute atomic E-state index is 13.0. The molecular formula is C18H19N7O5S. The minimum absolute atomic E-state index is 0.0264. The van der Waals surface area contributed by atoms with Crippen LogP contribution in [-0.2, 0) is 9.84 Å². The summed E-state index contributed by atoms with van der Waals surface area (Å²) in [5, 5.41) is 15.4. The number of aryl methyl sites for hydroxylation is 1. The predicted octanol–water partition coefficient (Wildman–Crippen LogP) is 0.707. The molecule has 162 valence electrons. The van der Waals surface area contributed by atoms with Crippen LogP contribution < -0.4 is 4.90 Å². The average molecular weight is 445 g/mol. The molecule has 1 saturated heterocycles. The van der Waals surface area contributed by atoms with Gasteiger partial charge >= 0.3 is 0 Å². The lowest BCUT2D eigenvalue weighted by molar-refractivity contribution is -0.385. The van der Waals surface area contributed by atoms with Gasteiger partial charge in [0.05, 0.1) is 9.82 Å². The number of piperazine rings is 1. The lowest BCUT2D eigenvalue weighted by Gasteiger charge is -2.36. The van der Waals surface area contributed by atoms with E-state index in [2.05, 4.69) is 20.0 Å². The summed E-state index contributed by atoms with van der Waals surface area (Å²) in [6.07, 6.45) is 2.37. The molecule has 1 aliphatic heterocycles. The molecule has 0 unspecified atom stereocenters. The van der Waals surface area contributed by atoms with E-state index < -0.39 is 26.4 Å². The lowest BCUT2D eigenvalue weighted by atomic mass is 10.1. The molecule has 3 aromatic rings. The first-order valence-corrected chi connectivity index (χ1v) is 11.2. The number of carbonyl (C=O) groups excluding carboxylic acids is 1. The number of fused-ring (bicyclic) bond motifs is 1. The predicted molar refractivity (Wildman–Crippen MR) is 110 cm³/mol. The molecule has 3 heterocycles. The highest BCUT2D eigenvalue weighted by Gasteiger charge is 2.26. The van der Waals surface area contributed by atoms with E-state index in [-0.39, 0.29) is 10.5 Å². The molecule has 2 aromatic heterocycles. The molecule has 0 bridgehead atoms. The van der Waals surface area contributed by atoms with Crippen molar-refractivity contribution >= 4 is 33.0 Å². The first-order valence-electron chi connectivity index (χ1n) is 9.34. The van der Waals surface area contributed by atoms with Crippen LogP contribution in [0.25, 0.3) is 5.78 Å². The van der Waals surface area contributed by atoms with Gasteiger partial charge in [0.1, 0.15) is 12.1 Å². The summed E-state index contributed by atoms with van der Waals surface area (Å²) in [4.78, 5) is 35.2. The van der Waals surface area contributed by atoms with E-state index in [1.807, 2.05) is 13.0 Å². The summed E-state index contributed by atoms with van der Waals surface area (Å²) in [7, 11) is -3.71. The second kappa shape index (κ2) is 7.58. The minimum atomic E-state index is -3.71. The molecule has 31 heavy (non-hydrogen) atoms. The SMILES string of the molecule is Cc1cc(N2CCN(C(=O)c3cc([N+](=O)[O-])cc(S(C)(=O)=O)c3)CC2)n2ncnc2n1. The monoisotopic (exact) mass is 445 g/mol. The second-order valence-corrected chi connectivity index (χ2v) is 9.27. The molecule has 0 spiro atoms. The van der Waals surface area contributed by atoms with Crippen molar-refractivity contribution in [2.24, 2.45) is 0 Å². The molecule has 0 radical (unpaired) electrons. The number of anilines is 1. The first kappa shape index (κ1) is 20.7. The van der Waals surface area contributed by atoms with Crippen LogP contribution in [-0.4, -0.2) is 76.2 Å². The van der Waals surface area contributed by atoms with Crippen molar-refractivity contribution in [1.82, 2.24) is 24.5 Å². The van der Waals surface area contributed by atoms with Gasteiger partial charge in [-0.25, -0.2) is 13.4 Å². The molecule has 1 amide bonds. The largest absolute Gasteiger partial charge is 0.353 e. The van der Waals surface area contributed by atoms with E-state index in [0.29, 0.717) is 32.0 Å². The number of sulfone groups is 1. The molecule has 0 aliphatic carbocycles. The quantitative estimate of drug-likeness (QED) is 0.419. The van der Waals surface area contributed by atoms with Gasteiger partial charge in [0.15, 0.2) is 9.84 Å². The number of benzene rings is 1. The van der Waals surface area contributed by atoms with Crippen LogP contribution >= 0.6 is 0 Å². The van der Waals surface area contributed by atoms with Crippen molar-refractivity contribution in [2.45, 2.75) is 11.8 Å². The molecule has 1 aromatic carbocycles. The zero-order valence-corrected chi connectivity index (χ0v) is 17.6. The Bertz CT molecular complexity index is 1300. The summed E-state index contributed by atoms with van der Waals surface area (Å²) in [5.74, 6) is 0.838. The Balaban J connectivity index is 1.56. The topological polar surface area (TPSA) is 144 Å². The van der Waals surface area contributed by atoms with Crippen molar-refractivity contribution in [3.05, 3.63) is 52.0 Å². The third-order valence-corrected chi connectivity index (χ3v) is 6.12. The number of rotatable bonds is 4. The first-order chi connectivity index (χ1) is 14.6. The van der Waals surface area contributed by atoms with Crippen molar-refractivity contribution in [1.29, 1.82) is 0 Å². The number of non-ortho nitro benzene ring substituents is 1. The highest BCUT2D eigenvalue weighted by atomic mass is 32.2. The van der Waals surface area contributed by atoms with Crippen molar-refractivity contribution < 1.29 is 18.1 Å². The molecule has 4 rings (SSSR count). The second-order valence-electron chi connectivity index (χ2n) is 7.25. The van der Waals surface area contributed by atoms with E-state index in [9.17, 15) is 23.3 Å². The summed E-state index contributed by atoms with van der Waals surface area (Å²) < 4.78 is 25.4. The van der Waals surface area contributed by atoms with Gasteiger partial charge in [-0.05, 0) is 13.0 Å². The van der Waals surface area contributed by atoms with E-state index in [0.717, 1.165) is 29.9 Å². The van der Waals surface area contributed by atoms with Gasteiger partial charge < -0.3 is 9.80 Å². The third-order valence-electron chi connectivity index (χ3n) is 5.03. The van der Waals surface area contributed by atoms with Crippen LogP contribution in [0.4, 0.5) is 11.5 Å². The normalized spacial score (nSPS) is 14.8. The summed E-state index contributed by atoms with van der Waals surface area (Å²) >= 11 is 0. The standard InChI is InChI=1S/C18H19N7O5S/c1-12-7-16(24-18(21-12)19-11-20-24)22-3-5-23(6-4-22)17(26)13-8-14(25(27)28)10-15(9-13)31(2,29)30/h7-11H,3-6H2,1-2H3. The number of hydrogen-bond donors (Lipinski definition) is 0. The molecule has 1 aliphatic rings. The van der Waals surface area contributed by atoms with Crippen molar-refractivity contribution in [3.63, 3.8) is 0 Å². The molecule has 0 N–H and O–H groups in total. The number of hydrogen-bond acceptors (Lipinski definition) is 9. The number of nitro groups is 1. The van der Waals surface area contributed by atoms with Crippen LogP contribution in [0, 0.1) is 17.0 Å². The van der Waals surface area contributed by atoms with Crippen LogP contribution in [0.15, 0.2) is 35.5 Å². The van der Waals surface area contributed by atoms with Crippen LogP contribution in [0.5, 0.6) is 0 Å². The number of nitro benzene ring substituents is 1. The average Bonchev–Trinajstić information content (AvgIpc) is 3.20. The van der Waals surface area contributed by atoms with Crippen LogP contribution in [0.2, 0.25) is 0 Å². The highest BCUT2D eigenvalue weighted by Crippen LogP contribution is 2.23. The Labute approximate surface area is 177 Å². The fourth-order valence-corrected chi connectivity index (χ4v) is 4.16. The highest BCUT2D eigenvalue weighted by molar-refractivity contribution is 7.90. The Morgan fingerprint density at radius 3 is 2.48 bits per heavy atom. The van der Waals surface area contributed by atoms with Gasteiger partial charge in [-0.15, -0.1) is 0 Å².